The summed E-state index contributed by atoms with van der Waals surface area (Å²) < 4.78 is 0. The van der Waals surface area contributed by atoms with Crippen molar-refractivity contribution in [2.45, 2.75) is 103 Å². The van der Waals surface area contributed by atoms with Gasteiger partial charge in [-0.05, 0) is 50.4 Å². The Morgan fingerprint density at radius 2 is 0.714 bits per heavy atom. The van der Waals surface area contributed by atoms with Gasteiger partial charge in [0.2, 0.25) is 0 Å². The van der Waals surface area contributed by atoms with Crippen molar-refractivity contribution in [2.75, 3.05) is 0 Å². The van der Waals surface area contributed by atoms with E-state index in [9.17, 15) is 0 Å². The van der Waals surface area contributed by atoms with E-state index in [1.807, 2.05) is 0 Å². The Labute approximate surface area is 175 Å². The standard InChI is InChI=1S/C28H44/c1(3-5-7-9-11-13-15-21-27-23-17-18-24-27)2-4-6-8-10-12-14-16-22-28-25-19-20-26-28/h1-2,17-20,23-28H,3-16,21-22H2/b2-1+. The summed E-state index contributed by atoms with van der Waals surface area (Å²) in [5.41, 5.74) is 0. The highest BCUT2D eigenvalue weighted by molar-refractivity contribution is 5.17. The van der Waals surface area contributed by atoms with Gasteiger partial charge in [0, 0.05) is 0 Å². The highest BCUT2D eigenvalue weighted by Gasteiger charge is 2.03. The van der Waals surface area contributed by atoms with Gasteiger partial charge in [0.25, 0.3) is 0 Å². The lowest BCUT2D eigenvalue weighted by molar-refractivity contribution is 0.558. The zero-order valence-corrected chi connectivity index (χ0v) is 18.2. The van der Waals surface area contributed by atoms with Gasteiger partial charge in [0.1, 0.15) is 0 Å². The molecule has 0 radical (unpaired) electrons. The van der Waals surface area contributed by atoms with E-state index in [1.54, 1.807) is 0 Å². The summed E-state index contributed by atoms with van der Waals surface area (Å²) in [5.74, 6) is 1.48. The molecule has 2 rings (SSSR count). The van der Waals surface area contributed by atoms with Crippen LogP contribution in [0.1, 0.15) is 103 Å². The minimum absolute atomic E-state index is 0.738. The van der Waals surface area contributed by atoms with Gasteiger partial charge < -0.3 is 0 Å². The van der Waals surface area contributed by atoms with Crippen LogP contribution in [0, 0.1) is 11.8 Å². The Morgan fingerprint density at radius 3 is 1.11 bits per heavy atom. The lowest BCUT2D eigenvalue weighted by atomic mass is 10.0. The van der Waals surface area contributed by atoms with E-state index in [4.69, 9.17) is 0 Å². The molecule has 0 heterocycles. The summed E-state index contributed by atoms with van der Waals surface area (Å²) in [5, 5.41) is 0. The second-order valence-electron chi connectivity index (χ2n) is 8.74. The summed E-state index contributed by atoms with van der Waals surface area (Å²) in [4.78, 5) is 0. The molecule has 0 saturated carbocycles. The van der Waals surface area contributed by atoms with Gasteiger partial charge in [-0.3, -0.25) is 0 Å². The molecule has 0 aliphatic heterocycles. The predicted molar refractivity (Wildman–Crippen MR) is 127 cm³/mol. The van der Waals surface area contributed by atoms with Crippen molar-refractivity contribution in [1.29, 1.82) is 0 Å². The summed E-state index contributed by atoms with van der Waals surface area (Å²) >= 11 is 0. The predicted octanol–water partition coefficient (Wildman–Crippen LogP) is 9.27. The van der Waals surface area contributed by atoms with Crippen LogP contribution in [-0.2, 0) is 0 Å². The first-order chi connectivity index (χ1) is 13.9. The molecule has 0 nitrogen and oxygen atoms in total. The molecule has 0 unspecified atom stereocenters. The molecule has 0 heteroatoms. The molecule has 2 aliphatic rings. The van der Waals surface area contributed by atoms with Gasteiger partial charge in [0.15, 0.2) is 0 Å². The Hall–Kier alpha value is -1.30. The number of hydrogen-bond donors (Lipinski definition) is 0. The van der Waals surface area contributed by atoms with Crippen molar-refractivity contribution in [1.82, 2.24) is 0 Å². The molecule has 156 valence electrons. The number of unbranched alkanes of at least 4 members (excludes halogenated alkanes) is 12. The first-order valence-electron chi connectivity index (χ1n) is 12.3. The molecule has 0 fully saturated rings. The molecule has 0 atom stereocenters. The lowest BCUT2D eigenvalue weighted by Crippen LogP contribution is -1.89. The first kappa shape index (κ1) is 23.0. The Kier molecular flexibility index (Phi) is 13.7. The second kappa shape index (κ2) is 16.6. The van der Waals surface area contributed by atoms with Crippen LogP contribution in [0.15, 0.2) is 60.8 Å². The van der Waals surface area contributed by atoms with E-state index in [1.165, 1.54) is 103 Å². The first-order valence-corrected chi connectivity index (χ1v) is 12.3. The van der Waals surface area contributed by atoms with E-state index >= 15 is 0 Å². The summed E-state index contributed by atoms with van der Waals surface area (Å²) in [6.45, 7) is 0. The lowest BCUT2D eigenvalue weighted by Gasteiger charge is -2.05. The van der Waals surface area contributed by atoms with Crippen molar-refractivity contribution >= 4 is 0 Å². The van der Waals surface area contributed by atoms with E-state index in [0.717, 1.165) is 11.8 Å². The van der Waals surface area contributed by atoms with E-state index in [0.29, 0.717) is 0 Å². The van der Waals surface area contributed by atoms with Crippen LogP contribution in [0.2, 0.25) is 0 Å². The molecule has 0 amide bonds. The summed E-state index contributed by atoms with van der Waals surface area (Å²) in [7, 11) is 0. The summed E-state index contributed by atoms with van der Waals surface area (Å²) in [6.07, 6.45) is 45.2. The van der Waals surface area contributed by atoms with Crippen LogP contribution in [0.25, 0.3) is 0 Å². The largest absolute Gasteiger partial charge is 0.0885 e. The van der Waals surface area contributed by atoms with E-state index in [-0.39, 0.29) is 0 Å². The van der Waals surface area contributed by atoms with Crippen molar-refractivity contribution in [3.05, 3.63) is 60.8 Å². The molecule has 0 aromatic heterocycles. The van der Waals surface area contributed by atoms with E-state index < -0.39 is 0 Å². The molecule has 0 N–H and O–H groups in total. The zero-order valence-electron chi connectivity index (χ0n) is 18.2. The fraction of sp³-hybridized carbons (Fsp3) is 0.643. The smallest absolute Gasteiger partial charge is 0.00473 e. The normalized spacial score (nSPS) is 16.4. The SMILES string of the molecule is C1=CC(CCCCCCCC/C=C/CCCCCCCCC2C=CC=C2)C=C1. The Balaban J connectivity index is 1.22. The van der Waals surface area contributed by atoms with Gasteiger partial charge in [-0.15, -0.1) is 0 Å². The molecule has 0 aromatic carbocycles. The molecule has 0 saturated heterocycles. The van der Waals surface area contributed by atoms with Gasteiger partial charge in [-0.1, -0.05) is 125 Å². The van der Waals surface area contributed by atoms with Crippen LogP contribution in [-0.4, -0.2) is 0 Å². The van der Waals surface area contributed by atoms with Crippen LogP contribution < -0.4 is 0 Å². The molecule has 0 aromatic rings. The maximum atomic E-state index is 2.43. The maximum absolute atomic E-state index is 2.43. The molecule has 2 aliphatic carbocycles. The topological polar surface area (TPSA) is 0 Å². The monoisotopic (exact) mass is 380 g/mol. The van der Waals surface area contributed by atoms with Crippen molar-refractivity contribution in [2.24, 2.45) is 11.8 Å². The highest BCUT2D eigenvalue weighted by Crippen LogP contribution is 2.19. The third-order valence-electron chi connectivity index (χ3n) is 6.14. The maximum Gasteiger partial charge on any atom is -0.00473 e. The van der Waals surface area contributed by atoms with Gasteiger partial charge in [-0.2, -0.15) is 0 Å². The van der Waals surface area contributed by atoms with Gasteiger partial charge in [0.05, 0.1) is 0 Å². The average Bonchev–Trinajstić information content (AvgIpc) is 3.41. The van der Waals surface area contributed by atoms with Gasteiger partial charge in [-0.25, -0.2) is 0 Å². The Morgan fingerprint density at radius 1 is 0.393 bits per heavy atom. The van der Waals surface area contributed by atoms with Crippen molar-refractivity contribution in [3.63, 3.8) is 0 Å². The van der Waals surface area contributed by atoms with Crippen LogP contribution in [0.5, 0.6) is 0 Å². The zero-order chi connectivity index (χ0) is 19.5. The van der Waals surface area contributed by atoms with Crippen LogP contribution >= 0.6 is 0 Å². The minimum Gasteiger partial charge on any atom is -0.0885 e. The fourth-order valence-electron chi connectivity index (χ4n) is 4.28. The van der Waals surface area contributed by atoms with Crippen LogP contribution in [0.3, 0.4) is 0 Å². The van der Waals surface area contributed by atoms with Crippen molar-refractivity contribution < 1.29 is 0 Å². The highest BCUT2D eigenvalue weighted by atomic mass is 14.1. The molecule has 0 bridgehead atoms. The molecular weight excluding hydrogens is 336 g/mol. The van der Waals surface area contributed by atoms with E-state index in [2.05, 4.69) is 60.8 Å². The molecule has 0 spiro atoms. The number of allylic oxidation sites excluding steroid dienone is 10. The van der Waals surface area contributed by atoms with Crippen molar-refractivity contribution in [3.8, 4) is 0 Å². The molecular formula is C28H44. The van der Waals surface area contributed by atoms with Crippen LogP contribution in [0.4, 0.5) is 0 Å². The number of hydrogen-bond acceptors (Lipinski definition) is 0. The Bertz CT molecular complexity index is 432. The average molecular weight is 381 g/mol. The fourth-order valence-corrected chi connectivity index (χ4v) is 4.28. The third-order valence-corrected chi connectivity index (χ3v) is 6.14. The number of rotatable bonds is 18. The quantitative estimate of drug-likeness (QED) is 0.164. The summed E-state index contributed by atoms with van der Waals surface area (Å²) in [6, 6.07) is 0. The minimum atomic E-state index is 0.738. The third kappa shape index (κ3) is 12.2. The van der Waals surface area contributed by atoms with Gasteiger partial charge >= 0.3 is 0 Å². The molecule has 28 heavy (non-hydrogen) atoms. The second-order valence-corrected chi connectivity index (χ2v) is 8.74.